The van der Waals surface area contributed by atoms with Crippen molar-refractivity contribution in [1.82, 2.24) is 5.32 Å². The third-order valence-corrected chi connectivity index (χ3v) is 5.92. The number of benzene rings is 2. The van der Waals surface area contributed by atoms with Crippen LogP contribution in [0.4, 0.5) is 4.39 Å². The van der Waals surface area contributed by atoms with E-state index in [2.05, 4.69) is 5.32 Å². The van der Waals surface area contributed by atoms with Gasteiger partial charge in [0.2, 0.25) is 5.91 Å². The number of carbonyl (C=O) groups is 1. The summed E-state index contributed by atoms with van der Waals surface area (Å²) in [6, 6.07) is 12.2. The van der Waals surface area contributed by atoms with Gasteiger partial charge >= 0.3 is 0 Å². The number of sulfone groups is 1. The maximum absolute atomic E-state index is 13.1. The molecule has 4 nitrogen and oxygen atoms in total. The summed E-state index contributed by atoms with van der Waals surface area (Å²) < 4.78 is 37.8. The molecule has 0 unspecified atom stereocenters. The summed E-state index contributed by atoms with van der Waals surface area (Å²) in [7, 11) is -3.51. The first kappa shape index (κ1) is 20.1. The van der Waals surface area contributed by atoms with Gasteiger partial charge in [0.05, 0.1) is 16.7 Å². The lowest BCUT2D eigenvalue weighted by atomic mass is 9.96. The van der Waals surface area contributed by atoms with Gasteiger partial charge in [-0.15, -0.1) is 0 Å². The van der Waals surface area contributed by atoms with Crippen molar-refractivity contribution in [2.45, 2.75) is 38.1 Å². The second kappa shape index (κ2) is 8.45. The van der Waals surface area contributed by atoms with Gasteiger partial charge in [-0.2, -0.15) is 0 Å². The second-order valence-electron chi connectivity index (χ2n) is 6.72. The molecule has 0 bridgehead atoms. The lowest BCUT2D eigenvalue weighted by molar-refractivity contribution is -0.121. The summed E-state index contributed by atoms with van der Waals surface area (Å²) in [5.74, 6) is -0.857. The SMILES string of the molecule is Cc1ccc(S(=O)(=O)CCC(=O)N[C@H](c2ccc(F)cc2)C(C)C)cc1. The van der Waals surface area contributed by atoms with Gasteiger partial charge in [0.15, 0.2) is 9.84 Å². The van der Waals surface area contributed by atoms with E-state index in [1.54, 1.807) is 36.4 Å². The molecule has 26 heavy (non-hydrogen) atoms. The minimum atomic E-state index is -3.51. The highest BCUT2D eigenvalue weighted by Gasteiger charge is 2.21. The van der Waals surface area contributed by atoms with E-state index in [0.717, 1.165) is 11.1 Å². The molecule has 0 aliphatic rings. The van der Waals surface area contributed by atoms with Gasteiger partial charge in [0.25, 0.3) is 0 Å². The first-order valence-electron chi connectivity index (χ1n) is 8.53. The van der Waals surface area contributed by atoms with Crippen LogP contribution in [-0.4, -0.2) is 20.1 Å². The van der Waals surface area contributed by atoms with E-state index in [4.69, 9.17) is 0 Å². The van der Waals surface area contributed by atoms with Gasteiger partial charge in [0.1, 0.15) is 5.82 Å². The summed E-state index contributed by atoms with van der Waals surface area (Å²) in [5.41, 5.74) is 1.76. The quantitative estimate of drug-likeness (QED) is 0.798. The Morgan fingerprint density at radius 1 is 1.04 bits per heavy atom. The number of nitrogens with one attached hydrogen (secondary N) is 1. The Hall–Kier alpha value is -2.21. The fourth-order valence-corrected chi connectivity index (χ4v) is 3.88. The predicted octanol–water partition coefficient (Wildman–Crippen LogP) is 3.81. The normalized spacial score (nSPS) is 12.8. The van der Waals surface area contributed by atoms with Crippen LogP contribution in [-0.2, 0) is 14.6 Å². The molecule has 0 spiro atoms. The number of rotatable bonds is 7. The zero-order valence-electron chi connectivity index (χ0n) is 15.2. The topological polar surface area (TPSA) is 63.2 Å². The van der Waals surface area contributed by atoms with Crippen LogP contribution in [0.2, 0.25) is 0 Å². The second-order valence-corrected chi connectivity index (χ2v) is 8.83. The van der Waals surface area contributed by atoms with Crippen LogP contribution in [0.1, 0.15) is 37.4 Å². The molecule has 0 aliphatic carbocycles. The number of carbonyl (C=O) groups excluding carboxylic acids is 1. The highest BCUT2D eigenvalue weighted by Crippen LogP contribution is 2.22. The smallest absolute Gasteiger partial charge is 0.221 e. The van der Waals surface area contributed by atoms with Crippen LogP contribution in [0.15, 0.2) is 53.4 Å². The van der Waals surface area contributed by atoms with Crippen molar-refractivity contribution in [3.05, 3.63) is 65.5 Å². The van der Waals surface area contributed by atoms with Crippen LogP contribution in [0.25, 0.3) is 0 Å². The minimum Gasteiger partial charge on any atom is -0.349 e. The number of halogens is 1. The largest absolute Gasteiger partial charge is 0.349 e. The molecule has 0 saturated carbocycles. The third-order valence-electron chi connectivity index (χ3n) is 4.19. The van der Waals surface area contributed by atoms with Crippen molar-refractivity contribution >= 4 is 15.7 Å². The maximum atomic E-state index is 13.1. The minimum absolute atomic E-state index is 0.0816. The lowest BCUT2D eigenvalue weighted by Gasteiger charge is -2.23. The number of aryl methyl sites for hydroxylation is 1. The van der Waals surface area contributed by atoms with E-state index in [1.165, 1.54) is 12.1 Å². The Labute approximate surface area is 154 Å². The first-order chi connectivity index (χ1) is 12.2. The maximum Gasteiger partial charge on any atom is 0.221 e. The van der Waals surface area contributed by atoms with Gasteiger partial charge < -0.3 is 5.32 Å². The van der Waals surface area contributed by atoms with E-state index in [-0.39, 0.29) is 40.8 Å². The molecule has 0 fully saturated rings. The van der Waals surface area contributed by atoms with E-state index in [1.807, 2.05) is 20.8 Å². The van der Waals surface area contributed by atoms with Crippen LogP contribution < -0.4 is 5.32 Å². The number of hydrogen-bond donors (Lipinski definition) is 1. The molecule has 0 radical (unpaired) electrons. The lowest BCUT2D eigenvalue weighted by Crippen LogP contribution is -2.32. The van der Waals surface area contributed by atoms with Crippen molar-refractivity contribution in [3.63, 3.8) is 0 Å². The van der Waals surface area contributed by atoms with Crippen molar-refractivity contribution in [3.8, 4) is 0 Å². The molecule has 0 aromatic heterocycles. The van der Waals surface area contributed by atoms with E-state index >= 15 is 0 Å². The molecule has 6 heteroatoms. The van der Waals surface area contributed by atoms with Gasteiger partial charge in [-0.1, -0.05) is 43.7 Å². The number of hydrogen-bond acceptors (Lipinski definition) is 3. The fraction of sp³-hybridized carbons (Fsp3) is 0.350. The zero-order valence-corrected chi connectivity index (χ0v) is 16.0. The van der Waals surface area contributed by atoms with Gasteiger partial charge in [-0.3, -0.25) is 4.79 Å². The summed E-state index contributed by atoms with van der Waals surface area (Å²) in [6.45, 7) is 5.76. The molecule has 140 valence electrons. The molecule has 1 amide bonds. The average molecular weight is 377 g/mol. The Morgan fingerprint density at radius 3 is 2.15 bits per heavy atom. The van der Waals surface area contributed by atoms with E-state index in [9.17, 15) is 17.6 Å². The Kier molecular flexibility index (Phi) is 6.53. The molecule has 1 N–H and O–H groups in total. The Balaban J connectivity index is 2.02. The van der Waals surface area contributed by atoms with Crippen LogP contribution >= 0.6 is 0 Å². The third kappa shape index (κ3) is 5.39. The van der Waals surface area contributed by atoms with Crippen LogP contribution in [0.5, 0.6) is 0 Å². The summed E-state index contributed by atoms with van der Waals surface area (Å²) in [6.07, 6.45) is -0.124. The standard InChI is InChI=1S/C20H24FNO3S/c1-14(2)20(16-6-8-17(21)9-7-16)22-19(23)12-13-26(24,25)18-10-4-15(3)5-11-18/h4-11,14,20H,12-13H2,1-3H3,(H,22,23)/t20-/m0/s1. The van der Waals surface area contributed by atoms with E-state index in [0.29, 0.717) is 0 Å². The molecule has 2 aromatic rings. The summed E-state index contributed by atoms with van der Waals surface area (Å²) in [4.78, 5) is 12.5. The van der Waals surface area contributed by atoms with Crippen molar-refractivity contribution < 1.29 is 17.6 Å². The summed E-state index contributed by atoms with van der Waals surface area (Å²) in [5, 5.41) is 2.86. The molecule has 0 aliphatic heterocycles. The molecular formula is C20H24FNO3S. The predicted molar refractivity (Wildman–Crippen MR) is 100.0 cm³/mol. The highest BCUT2D eigenvalue weighted by atomic mass is 32.2. The molecule has 0 saturated heterocycles. The van der Waals surface area contributed by atoms with Crippen LogP contribution in [0, 0.1) is 18.7 Å². The fourth-order valence-electron chi connectivity index (χ4n) is 2.64. The molecule has 2 aromatic carbocycles. The van der Waals surface area contributed by atoms with Gasteiger partial charge in [-0.25, -0.2) is 12.8 Å². The van der Waals surface area contributed by atoms with Crippen molar-refractivity contribution in [1.29, 1.82) is 0 Å². The summed E-state index contributed by atoms with van der Waals surface area (Å²) >= 11 is 0. The Bertz CT molecular complexity index is 844. The monoisotopic (exact) mass is 377 g/mol. The average Bonchev–Trinajstić information content (AvgIpc) is 2.59. The van der Waals surface area contributed by atoms with Gasteiger partial charge in [0, 0.05) is 6.42 Å². The molecule has 1 atom stereocenters. The Morgan fingerprint density at radius 2 is 1.62 bits per heavy atom. The number of amides is 1. The molecular weight excluding hydrogens is 353 g/mol. The molecule has 2 rings (SSSR count). The highest BCUT2D eigenvalue weighted by molar-refractivity contribution is 7.91. The van der Waals surface area contributed by atoms with Crippen molar-refractivity contribution in [2.24, 2.45) is 5.92 Å². The van der Waals surface area contributed by atoms with Crippen molar-refractivity contribution in [2.75, 3.05) is 5.75 Å². The molecule has 0 heterocycles. The zero-order chi connectivity index (χ0) is 19.3. The van der Waals surface area contributed by atoms with Crippen LogP contribution in [0.3, 0.4) is 0 Å². The van der Waals surface area contributed by atoms with E-state index < -0.39 is 9.84 Å². The first-order valence-corrected chi connectivity index (χ1v) is 10.2. The van der Waals surface area contributed by atoms with Gasteiger partial charge in [-0.05, 0) is 42.7 Å².